The molecule has 0 N–H and O–H groups in total. The average Bonchev–Trinajstić information content (AvgIpc) is 2.68. The molecule has 2 aromatic rings. The monoisotopic (exact) mass is 264 g/mol. The molecule has 0 aromatic carbocycles. The second-order valence-electron chi connectivity index (χ2n) is 5.14. The molecule has 0 atom stereocenters. The van der Waals surface area contributed by atoms with Gasteiger partial charge in [-0.3, -0.25) is 10.1 Å². The van der Waals surface area contributed by atoms with Gasteiger partial charge in [-0.15, -0.1) is 5.10 Å². The van der Waals surface area contributed by atoms with E-state index >= 15 is 0 Å². The Morgan fingerprint density at radius 1 is 1.47 bits per heavy atom. The molecule has 7 heteroatoms. The maximum atomic E-state index is 10.8. The molecule has 0 saturated carbocycles. The number of rotatable bonds is 3. The molecule has 2 aromatic heterocycles. The average molecular weight is 264 g/mol. The molecule has 2 rings (SSSR count). The van der Waals surface area contributed by atoms with Gasteiger partial charge in [-0.1, -0.05) is 0 Å². The number of pyridine rings is 1. The Balaban J connectivity index is 2.71. The van der Waals surface area contributed by atoms with Gasteiger partial charge in [0.05, 0.1) is 22.5 Å². The first-order chi connectivity index (χ1) is 8.84. The van der Waals surface area contributed by atoms with E-state index < -0.39 is 4.92 Å². The summed E-state index contributed by atoms with van der Waals surface area (Å²) in [6.07, 6.45) is 1.24. The first kappa shape index (κ1) is 13.3. The summed E-state index contributed by atoms with van der Waals surface area (Å²) in [4.78, 5) is 14.5. The van der Waals surface area contributed by atoms with Gasteiger partial charge in [0.1, 0.15) is 6.20 Å². The van der Waals surface area contributed by atoms with Crippen LogP contribution in [-0.4, -0.2) is 26.3 Å². The minimum absolute atomic E-state index is 0.0677. The van der Waals surface area contributed by atoms with E-state index in [0.717, 1.165) is 0 Å². The van der Waals surface area contributed by atoms with E-state index in [4.69, 9.17) is 4.74 Å². The van der Waals surface area contributed by atoms with E-state index in [-0.39, 0.29) is 11.2 Å². The van der Waals surface area contributed by atoms with E-state index in [0.29, 0.717) is 23.5 Å². The summed E-state index contributed by atoms with van der Waals surface area (Å²) in [6, 6.07) is 1.45. The minimum atomic E-state index is -0.476. The first-order valence-electron chi connectivity index (χ1n) is 6.01. The van der Waals surface area contributed by atoms with Crippen molar-refractivity contribution in [3.63, 3.8) is 0 Å². The quantitative estimate of drug-likeness (QED) is 0.628. The smallest absolute Gasteiger partial charge is 0.288 e. The van der Waals surface area contributed by atoms with Gasteiger partial charge >= 0.3 is 0 Å². The Labute approximate surface area is 110 Å². The summed E-state index contributed by atoms with van der Waals surface area (Å²) in [5.41, 5.74) is 0.236. The molecule has 7 nitrogen and oxygen atoms in total. The summed E-state index contributed by atoms with van der Waals surface area (Å²) in [7, 11) is 0. The van der Waals surface area contributed by atoms with Gasteiger partial charge in [-0.25, -0.2) is 9.67 Å². The van der Waals surface area contributed by atoms with Gasteiger partial charge in [0.15, 0.2) is 5.65 Å². The van der Waals surface area contributed by atoms with Crippen molar-refractivity contribution in [2.75, 3.05) is 6.61 Å². The topological polar surface area (TPSA) is 83.1 Å². The molecule has 0 bridgehead atoms. The molecule has 0 amide bonds. The molecule has 0 unspecified atom stereocenters. The van der Waals surface area contributed by atoms with Crippen molar-refractivity contribution in [2.24, 2.45) is 0 Å². The molecule has 0 aliphatic rings. The van der Waals surface area contributed by atoms with E-state index in [1.54, 1.807) is 4.68 Å². The zero-order valence-corrected chi connectivity index (χ0v) is 11.4. The predicted octanol–water partition coefficient (Wildman–Crippen LogP) is 2.49. The van der Waals surface area contributed by atoms with Crippen LogP contribution in [0.15, 0.2) is 12.3 Å². The molecular weight excluding hydrogens is 248 g/mol. The number of ether oxygens (including phenoxy) is 1. The maximum Gasteiger partial charge on any atom is 0.288 e. The van der Waals surface area contributed by atoms with Gasteiger partial charge in [0.2, 0.25) is 5.88 Å². The minimum Gasteiger partial charge on any atom is -0.476 e. The lowest BCUT2D eigenvalue weighted by molar-refractivity contribution is -0.385. The molecule has 0 spiro atoms. The molecule has 0 saturated heterocycles. The van der Waals surface area contributed by atoms with E-state index in [1.165, 1.54) is 12.3 Å². The number of nitro groups is 1. The highest BCUT2D eigenvalue weighted by molar-refractivity contribution is 5.83. The van der Waals surface area contributed by atoms with Crippen molar-refractivity contribution < 1.29 is 9.66 Å². The molecule has 19 heavy (non-hydrogen) atoms. The van der Waals surface area contributed by atoms with E-state index in [2.05, 4.69) is 10.1 Å². The fourth-order valence-corrected chi connectivity index (χ4v) is 1.78. The Bertz CT molecular complexity index is 628. The van der Waals surface area contributed by atoms with Crippen LogP contribution >= 0.6 is 0 Å². The van der Waals surface area contributed by atoms with Crippen LogP contribution in [0.3, 0.4) is 0 Å². The molecule has 102 valence electrons. The van der Waals surface area contributed by atoms with Gasteiger partial charge in [-0.2, -0.15) is 0 Å². The third-order valence-corrected chi connectivity index (χ3v) is 2.60. The zero-order valence-electron chi connectivity index (χ0n) is 11.4. The zero-order chi connectivity index (χ0) is 14.2. The van der Waals surface area contributed by atoms with Crippen molar-refractivity contribution in [3.05, 3.63) is 22.4 Å². The molecular formula is C12H16N4O3. The third kappa shape index (κ3) is 2.35. The Kier molecular flexibility index (Phi) is 3.13. The molecule has 0 aliphatic carbocycles. The summed E-state index contributed by atoms with van der Waals surface area (Å²) in [6.45, 7) is 8.24. The fourth-order valence-electron chi connectivity index (χ4n) is 1.78. The van der Waals surface area contributed by atoms with E-state index in [1.807, 2.05) is 27.7 Å². The van der Waals surface area contributed by atoms with Crippen LogP contribution in [0.4, 0.5) is 5.69 Å². The van der Waals surface area contributed by atoms with Gasteiger partial charge < -0.3 is 4.74 Å². The summed E-state index contributed by atoms with van der Waals surface area (Å²) < 4.78 is 7.15. The molecule has 0 radical (unpaired) electrons. The second kappa shape index (κ2) is 4.49. The van der Waals surface area contributed by atoms with Crippen LogP contribution < -0.4 is 4.74 Å². The van der Waals surface area contributed by atoms with E-state index in [9.17, 15) is 10.1 Å². The Hall–Kier alpha value is -2.18. The van der Waals surface area contributed by atoms with Crippen molar-refractivity contribution in [2.45, 2.75) is 33.2 Å². The Morgan fingerprint density at radius 3 is 2.68 bits per heavy atom. The number of hydrogen-bond donors (Lipinski definition) is 0. The van der Waals surface area contributed by atoms with Gasteiger partial charge in [-0.05, 0) is 27.7 Å². The van der Waals surface area contributed by atoms with Gasteiger partial charge in [0.25, 0.3) is 5.69 Å². The number of nitrogens with zero attached hydrogens (tertiary/aromatic N) is 4. The first-order valence-corrected chi connectivity index (χ1v) is 6.01. The lowest BCUT2D eigenvalue weighted by Gasteiger charge is -2.19. The number of hydrogen-bond acceptors (Lipinski definition) is 5. The normalized spacial score (nSPS) is 11.8. The van der Waals surface area contributed by atoms with Crippen molar-refractivity contribution in [3.8, 4) is 5.88 Å². The third-order valence-electron chi connectivity index (χ3n) is 2.60. The van der Waals surface area contributed by atoms with Crippen LogP contribution in [0, 0.1) is 10.1 Å². The summed E-state index contributed by atoms with van der Waals surface area (Å²) in [5, 5.41) is 15.7. The van der Waals surface area contributed by atoms with Crippen molar-refractivity contribution in [1.29, 1.82) is 0 Å². The number of fused-ring (bicyclic) bond motifs is 1. The maximum absolute atomic E-state index is 10.8. The van der Waals surface area contributed by atoms with Crippen LogP contribution in [0.2, 0.25) is 0 Å². The molecule has 2 heterocycles. The van der Waals surface area contributed by atoms with Crippen molar-refractivity contribution in [1.82, 2.24) is 14.8 Å². The highest BCUT2D eigenvalue weighted by Gasteiger charge is 2.23. The van der Waals surface area contributed by atoms with Crippen LogP contribution in [0.25, 0.3) is 11.0 Å². The number of aromatic nitrogens is 3. The second-order valence-corrected chi connectivity index (χ2v) is 5.14. The van der Waals surface area contributed by atoms with Crippen LogP contribution in [-0.2, 0) is 5.54 Å². The van der Waals surface area contributed by atoms with Gasteiger partial charge in [0, 0.05) is 6.07 Å². The molecule has 0 fully saturated rings. The lowest BCUT2D eigenvalue weighted by atomic mass is 10.1. The fraction of sp³-hybridized carbons (Fsp3) is 0.500. The van der Waals surface area contributed by atoms with Crippen LogP contribution in [0.1, 0.15) is 27.7 Å². The summed E-state index contributed by atoms with van der Waals surface area (Å²) >= 11 is 0. The highest BCUT2D eigenvalue weighted by atomic mass is 16.6. The van der Waals surface area contributed by atoms with Crippen LogP contribution in [0.5, 0.6) is 5.88 Å². The summed E-state index contributed by atoms with van der Waals surface area (Å²) in [5.74, 6) is 0.378. The van der Waals surface area contributed by atoms with Crippen molar-refractivity contribution >= 4 is 16.7 Å². The predicted molar refractivity (Wildman–Crippen MR) is 70.3 cm³/mol. The Morgan fingerprint density at radius 2 is 2.16 bits per heavy atom. The standard InChI is InChI=1S/C12H16N4O3/c1-5-19-11-9-6-8(16(17)18)7-13-10(9)15(14-11)12(2,3)4/h6-7H,5H2,1-4H3. The highest BCUT2D eigenvalue weighted by Crippen LogP contribution is 2.30. The molecule has 0 aliphatic heterocycles. The lowest BCUT2D eigenvalue weighted by Crippen LogP contribution is -2.23. The largest absolute Gasteiger partial charge is 0.476 e. The SMILES string of the molecule is CCOc1nn(C(C)(C)C)c2ncc([N+](=O)[O-])cc12.